The smallest absolute Gasteiger partial charge is 0.193 e. The van der Waals surface area contributed by atoms with E-state index in [0.29, 0.717) is 5.56 Å². The molecule has 0 aliphatic carbocycles. The van der Waals surface area contributed by atoms with Crippen LogP contribution in [0.2, 0.25) is 0 Å². The second-order valence-corrected chi connectivity index (χ2v) is 9.30. The predicted molar refractivity (Wildman–Crippen MR) is 136 cm³/mol. The van der Waals surface area contributed by atoms with Crippen LogP contribution in [0.1, 0.15) is 39.5 Å². The highest BCUT2D eigenvalue weighted by molar-refractivity contribution is 6.10. The molecule has 2 saturated heterocycles. The van der Waals surface area contributed by atoms with Crippen molar-refractivity contribution in [2.24, 2.45) is 0 Å². The van der Waals surface area contributed by atoms with Crippen molar-refractivity contribution in [2.75, 3.05) is 46.4 Å². The number of ether oxygens (including phenoxy) is 2. The molecule has 182 valence electrons. The Morgan fingerprint density at radius 1 is 1.06 bits per heavy atom. The van der Waals surface area contributed by atoms with Gasteiger partial charge in [0.05, 0.1) is 19.8 Å². The Morgan fingerprint density at radius 3 is 2.51 bits per heavy atom. The van der Waals surface area contributed by atoms with Gasteiger partial charge < -0.3 is 14.4 Å². The van der Waals surface area contributed by atoms with Crippen LogP contribution in [0.15, 0.2) is 73.1 Å². The number of hydrogen-bond donors (Lipinski definition) is 0. The lowest BCUT2D eigenvalue weighted by Crippen LogP contribution is -2.49. The highest BCUT2D eigenvalue weighted by Crippen LogP contribution is 2.36. The van der Waals surface area contributed by atoms with Gasteiger partial charge in [0, 0.05) is 49.7 Å². The van der Waals surface area contributed by atoms with Crippen LogP contribution in [-0.4, -0.2) is 73.1 Å². The Morgan fingerprint density at radius 2 is 1.83 bits per heavy atom. The van der Waals surface area contributed by atoms with E-state index < -0.39 is 0 Å². The van der Waals surface area contributed by atoms with Crippen LogP contribution < -0.4 is 4.74 Å². The zero-order valence-electron chi connectivity index (χ0n) is 20.3. The lowest BCUT2D eigenvalue weighted by atomic mass is 9.91. The van der Waals surface area contributed by atoms with E-state index in [1.165, 1.54) is 5.56 Å². The van der Waals surface area contributed by atoms with Gasteiger partial charge in [-0.1, -0.05) is 30.3 Å². The summed E-state index contributed by atoms with van der Waals surface area (Å²) in [5, 5.41) is 0. The summed E-state index contributed by atoms with van der Waals surface area (Å²) in [6.45, 7) is 5.86. The maximum atomic E-state index is 13.5. The van der Waals surface area contributed by atoms with Crippen molar-refractivity contribution in [2.45, 2.75) is 25.0 Å². The summed E-state index contributed by atoms with van der Waals surface area (Å²) in [6, 6.07) is 19.6. The Kier molecular flexibility index (Phi) is 7.52. The average molecular weight is 472 g/mol. The van der Waals surface area contributed by atoms with Crippen molar-refractivity contribution in [3.05, 3.63) is 95.3 Å². The topological polar surface area (TPSA) is 58.2 Å². The molecule has 0 spiro atoms. The van der Waals surface area contributed by atoms with Crippen molar-refractivity contribution >= 4 is 5.78 Å². The summed E-state index contributed by atoms with van der Waals surface area (Å²) >= 11 is 0. The number of pyridine rings is 1. The molecule has 1 aromatic heterocycles. The van der Waals surface area contributed by atoms with Crippen molar-refractivity contribution < 1.29 is 14.3 Å². The number of ketones is 1. The molecule has 2 atom stereocenters. The number of aryl methyl sites for hydroxylation is 1. The van der Waals surface area contributed by atoms with E-state index in [1.807, 2.05) is 60.9 Å². The SMILES string of the molecule is COc1ccc(C(=O)c2ccccc2C(C2CO2)N2CCN(CCCc3cccnc3)CC2)cc1. The monoisotopic (exact) mass is 471 g/mol. The molecule has 2 aliphatic heterocycles. The van der Waals surface area contributed by atoms with E-state index in [1.54, 1.807) is 7.11 Å². The van der Waals surface area contributed by atoms with E-state index in [2.05, 4.69) is 26.9 Å². The Bertz CT molecular complexity index is 1110. The number of nitrogens with zero attached hydrogens (tertiary/aromatic N) is 3. The van der Waals surface area contributed by atoms with Crippen LogP contribution in [0.25, 0.3) is 0 Å². The first-order chi connectivity index (χ1) is 17.2. The Hall–Kier alpha value is -3.06. The van der Waals surface area contributed by atoms with Crippen LogP contribution in [0.5, 0.6) is 5.75 Å². The number of methoxy groups -OCH3 is 1. The van der Waals surface area contributed by atoms with Gasteiger partial charge in [-0.3, -0.25) is 14.7 Å². The van der Waals surface area contributed by atoms with Gasteiger partial charge in [-0.15, -0.1) is 0 Å². The van der Waals surface area contributed by atoms with Crippen LogP contribution >= 0.6 is 0 Å². The number of rotatable bonds is 10. The van der Waals surface area contributed by atoms with Crippen LogP contribution in [-0.2, 0) is 11.2 Å². The summed E-state index contributed by atoms with van der Waals surface area (Å²) < 4.78 is 11.1. The maximum Gasteiger partial charge on any atom is 0.193 e. The van der Waals surface area contributed by atoms with Crippen LogP contribution in [0.3, 0.4) is 0 Å². The highest BCUT2D eigenvalue weighted by atomic mass is 16.6. The summed E-state index contributed by atoms with van der Waals surface area (Å²) in [6.07, 6.45) is 6.14. The molecule has 6 heteroatoms. The number of benzene rings is 2. The number of aromatic nitrogens is 1. The highest BCUT2D eigenvalue weighted by Gasteiger charge is 2.40. The zero-order chi connectivity index (χ0) is 24.0. The molecular formula is C29H33N3O3. The summed E-state index contributed by atoms with van der Waals surface area (Å²) in [5.41, 5.74) is 3.81. The minimum atomic E-state index is 0.0444. The first kappa shape index (κ1) is 23.7. The first-order valence-electron chi connectivity index (χ1n) is 12.5. The second-order valence-electron chi connectivity index (χ2n) is 9.30. The van der Waals surface area contributed by atoms with E-state index in [4.69, 9.17) is 9.47 Å². The summed E-state index contributed by atoms with van der Waals surface area (Å²) in [4.78, 5) is 22.7. The second kappa shape index (κ2) is 11.1. The molecule has 3 aromatic rings. The van der Waals surface area contributed by atoms with Crippen molar-refractivity contribution in [1.82, 2.24) is 14.8 Å². The molecule has 0 N–H and O–H groups in total. The lowest BCUT2D eigenvalue weighted by molar-refractivity contribution is 0.0804. The number of epoxide rings is 1. The largest absolute Gasteiger partial charge is 0.497 e. The van der Waals surface area contributed by atoms with Crippen molar-refractivity contribution in [3.8, 4) is 5.75 Å². The Balaban J connectivity index is 1.25. The molecule has 0 bridgehead atoms. The maximum absolute atomic E-state index is 13.5. The van der Waals surface area contributed by atoms with Crippen molar-refractivity contribution in [1.29, 1.82) is 0 Å². The molecule has 35 heavy (non-hydrogen) atoms. The van der Waals surface area contributed by atoms with Gasteiger partial charge in [0.2, 0.25) is 0 Å². The number of hydrogen-bond acceptors (Lipinski definition) is 6. The van der Waals surface area contributed by atoms with E-state index in [0.717, 1.165) is 69.0 Å². The predicted octanol–water partition coefficient (Wildman–Crippen LogP) is 4.01. The third-order valence-corrected chi connectivity index (χ3v) is 7.05. The number of piperazine rings is 1. The molecular weight excluding hydrogens is 438 g/mol. The summed E-state index contributed by atoms with van der Waals surface area (Å²) in [5.74, 6) is 0.792. The minimum Gasteiger partial charge on any atom is -0.497 e. The molecule has 2 fully saturated rings. The normalized spacial score (nSPS) is 19.3. The fraction of sp³-hybridized carbons (Fsp3) is 0.379. The molecule has 0 amide bonds. The molecule has 2 aromatic carbocycles. The van der Waals surface area contributed by atoms with Gasteiger partial charge >= 0.3 is 0 Å². The number of carbonyl (C=O) groups excluding carboxylic acids is 1. The van der Waals surface area contributed by atoms with Gasteiger partial charge in [-0.2, -0.15) is 0 Å². The average Bonchev–Trinajstić information content (AvgIpc) is 3.76. The third kappa shape index (κ3) is 5.78. The molecule has 3 heterocycles. The molecule has 6 nitrogen and oxygen atoms in total. The zero-order valence-corrected chi connectivity index (χ0v) is 20.3. The van der Waals surface area contributed by atoms with E-state index in [-0.39, 0.29) is 17.9 Å². The number of carbonyl (C=O) groups is 1. The first-order valence-corrected chi connectivity index (χ1v) is 12.5. The fourth-order valence-corrected chi connectivity index (χ4v) is 5.05. The van der Waals surface area contributed by atoms with E-state index in [9.17, 15) is 4.79 Å². The van der Waals surface area contributed by atoms with Crippen LogP contribution in [0.4, 0.5) is 0 Å². The summed E-state index contributed by atoms with van der Waals surface area (Å²) in [7, 11) is 1.63. The standard InChI is InChI=1S/C29H33N3O3/c1-34-24-12-10-23(11-13-24)29(33)26-9-3-2-8-25(26)28(27-21-35-27)32-18-16-31(17-19-32)15-5-7-22-6-4-14-30-20-22/h2-4,6,8-14,20,27-28H,5,7,15-19,21H2,1H3. The third-order valence-electron chi connectivity index (χ3n) is 7.05. The van der Waals surface area contributed by atoms with Crippen LogP contribution in [0, 0.1) is 0 Å². The molecule has 2 unspecified atom stereocenters. The van der Waals surface area contributed by atoms with Crippen molar-refractivity contribution in [3.63, 3.8) is 0 Å². The molecule has 0 saturated carbocycles. The molecule has 5 rings (SSSR count). The minimum absolute atomic E-state index is 0.0444. The fourth-order valence-electron chi connectivity index (χ4n) is 5.05. The molecule has 2 aliphatic rings. The van der Waals surface area contributed by atoms with Gasteiger partial charge in [0.25, 0.3) is 0 Å². The van der Waals surface area contributed by atoms with E-state index >= 15 is 0 Å². The van der Waals surface area contributed by atoms with Gasteiger partial charge in [-0.05, 0) is 60.8 Å². The lowest BCUT2D eigenvalue weighted by Gasteiger charge is -2.39. The quantitative estimate of drug-likeness (QED) is 0.329. The Labute approximate surface area is 207 Å². The van der Waals surface area contributed by atoms with Gasteiger partial charge in [0.1, 0.15) is 11.9 Å². The van der Waals surface area contributed by atoms with Gasteiger partial charge in [-0.25, -0.2) is 0 Å². The molecule has 0 radical (unpaired) electrons. The van der Waals surface area contributed by atoms with Gasteiger partial charge in [0.15, 0.2) is 5.78 Å².